The van der Waals surface area contributed by atoms with Gasteiger partial charge in [0, 0.05) is 55.0 Å². The van der Waals surface area contributed by atoms with Gasteiger partial charge in [0.05, 0.1) is 12.0 Å². The fourth-order valence-corrected chi connectivity index (χ4v) is 5.81. The van der Waals surface area contributed by atoms with Crippen molar-refractivity contribution in [2.45, 2.75) is 38.5 Å². The fraction of sp³-hybridized carbons (Fsp3) is 0.357. The molecule has 188 valence electrons. The minimum atomic E-state index is -0.605. The summed E-state index contributed by atoms with van der Waals surface area (Å²) in [5, 5.41) is 13.4. The lowest BCUT2D eigenvalue weighted by Crippen LogP contribution is -2.46. The number of nitrogens with one attached hydrogen (secondary N) is 1. The Labute approximate surface area is 208 Å². The zero-order valence-electron chi connectivity index (χ0n) is 20.0. The highest BCUT2D eigenvalue weighted by molar-refractivity contribution is 5.80. The number of fused-ring (bicyclic) bond motifs is 4. The van der Waals surface area contributed by atoms with Crippen LogP contribution in [0.5, 0.6) is 0 Å². The normalized spacial score (nSPS) is 22.9. The van der Waals surface area contributed by atoms with Gasteiger partial charge in [0.2, 0.25) is 5.91 Å². The molecule has 1 fully saturated rings. The number of aliphatic hydroxyl groups excluding tert-OH is 1. The average molecular weight is 494 g/mol. The Morgan fingerprint density at radius 2 is 1.92 bits per heavy atom. The van der Waals surface area contributed by atoms with Crippen LogP contribution in [0.15, 0.2) is 65.5 Å². The Hall–Kier alpha value is -3.36. The summed E-state index contributed by atoms with van der Waals surface area (Å²) in [7, 11) is 0. The molecule has 36 heavy (non-hydrogen) atoms. The van der Waals surface area contributed by atoms with Gasteiger partial charge in [0.15, 0.2) is 0 Å². The van der Waals surface area contributed by atoms with Crippen LogP contribution in [0.25, 0.3) is 11.1 Å². The van der Waals surface area contributed by atoms with Gasteiger partial charge >= 0.3 is 0 Å². The van der Waals surface area contributed by atoms with Crippen LogP contribution in [0.4, 0.5) is 8.78 Å². The van der Waals surface area contributed by atoms with Gasteiger partial charge in [-0.15, -0.1) is 0 Å². The molecule has 4 atom stereocenters. The first-order valence-corrected chi connectivity index (χ1v) is 12.3. The van der Waals surface area contributed by atoms with E-state index in [0.29, 0.717) is 28.9 Å². The van der Waals surface area contributed by atoms with Crippen molar-refractivity contribution in [2.75, 3.05) is 13.2 Å². The number of amides is 1. The Morgan fingerprint density at radius 3 is 2.64 bits per heavy atom. The van der Waals surface area contributed by atoms with Crippen LogP contribution in [0, 0.1) is 23.5 Å². The summed E-state index contributed by atoms with van der Waals surface area (Å²) in [6.07, 6.45) is 0.766. The number of aliphatic hydroxyl groups is 1. The first-order chi connectivity index (χ1) is 17.4. The molecule has 1 aromatic heterocycles. The summed E-state index contributed by atoms with van der Waals surface area (Å²) in [6.45, 7) is 2.72. The molecule has 0 aliphatic carbocycles. The van der Waals surface area contributed by atoms with E-state index in [4.69, 9.17) is 0 Å². The van der Waals surface area contributed by atoms with Crippen LogP contribution in [-0.4, -0.2) is 39.7 Å². The first kappa shape index (κ1) is 24.3. The Morgan fingerprint density at radius 1 is 1.11 bits per heavy atom. The number of hydrogen-bond donors (Lipinski definition) is 2. The highest BCUT2D eigenvalue weighted by Crippen LogP contribution is 2.49. The number of carbonyl (C=O) groups excluding carboxylic acids is 1. The highest BCUT2D eigenvalue weighted by atomic mass is 19.1. The van der Waals surface area contributed by atoms with E-state index in [-0.39, 0.29) is 43.0 Å². The van der Waals surface area contributed by atoms with Crippen molar-refractivity contribution in [3.63, 3.8) is 0 Å². The molecule has 0 saturated carbocycles. The Bertz CT molecular complexity index is 1340. The molecule has 2 aliphatic rings. The second-order valence-corrected chi connectivity index (χ2v) is 9.54. The second kappa shape index (κ2) is 9.95. The Kier molecular flexibility index (Phi) is 6.73. The molecule has 3 heterocycles. The van der Waals surface area contributed by atoms with Gasteiger partial charge in [-0.1, -0.05) is 37.3 Å². The van der Waals surface area contributed by atoms with E-state index in [1.165, 1.54) is 18.2 Å². The third-order valence-electron chi connectivity index (χ3n) is 7.47. The summed E-state index contributed by atoms with van der Waals surface area (Å²) in [5.41, 5.74) is 1.70. The van der Waals surface area contributed by atoms with E-state index in [9.17, 15) is 23.5 Å². The van der Waals surface area contributed by atoms with Crippen molar-refractivity contribution in [3.05, 3.63) is 93.9 Å². The van der Waals surface area contributed by atoms with Gasteiger partial charge in [-0.2, -0.15) is 0 Å². The molecule has 2 aromatic carbocycles. The molecule has 3 aromatic rings. The maximum atomic E-state index is 14.6. The van der Waals surface area contributed by atoms with Crippen molar-refractivity contribution >= 4 is 5.91 Å². The molecular weight excluding hydrogens is 464 g/mol. The number of benzene rings is 2. The van der Waals surface area contributed by atoms with Crippen LogP contribution in [0.2, 0.25) is 0 Å². The van der Waals surface area contributed by atoms with E-state index in [0.717, 1.165) is 6.42 Å². The van der Waals surface area contributed by atoms with Crippen LogP contribution in [-0.2, 0) is 17.9 Å². The smallest absolute Gasteiger partial charge is 0.258 e. The SMILES string of the molecule is CCCNC(=O)[C@H]1[C@H](CO)[C@H]2Cn3c(ccc(-c4cccc(F)c4)c3=O)[C@@H]1N2Cc1ccccc1F. The molecule has 1 saturated heterocycles. The molecule has 8 heteroatoms. The molecule has 5 rings (SSSR count). The van der Waals surface area contributed by atoms with Gasteiger partial charge in [-0.05, 0) is 42.3 Å². The molecule has 1 amide bonds. The first-order valence-electron chi connectivity index (χ1n) is 12.3. The fourth-order valence-electron chi connectivity index (χ4n) is 5.81. The summed E-state index contributed by atoms with van der Waals surface area (Å²) >= 11 is 0. The molecule has 0 unspecified atom stereocenters. The lowest BCUT2D eigenvalue weighted by molar-refractivity contribution is -0.127. The average Bonchev–Trinajstić information content (AvgIpc) is 3.08. The topological polar surface area (TPSA) is 74.6 Å². The summed E-state index contributed by atoms with van der Waals surface area (Å²) < 4.78 is 30.1. The number of carbonyl (C=O) groups is 1. The third kappa shape index (κ3) is 4.14. The van der Waals surface area contributed by atoms with Gasteiger partial charge in [-0.3, -0.25) is 14.5 Å². The standard InChI is InChI=1S/C28H29F2N3O3/c1-2-12-31-27(35)25-21(16-34)24-15-33-23(26(25)32(24)14-18-6-3-4-9-22(18)30)11-10-20(28(33)36)17-7-5-8-19(29)13-17/h3-11,13,21,24-26,34H,2,12,14-16H2,1H3,(H,31,35)/t21-,24-,25+,26+/m1/s1. The number of rotatable bonds is 7. The number of nitrogens with zero attached hydrogens (tertiary/aromatic N) is 2. The van der Waals surface area contributed by atoms with Crippen molar-refractivity contribution in [1.82, 2.24) is 14.8 Å². The monoisotopic (exact) mass is 493 g/mol. The number of pyridine rings is 1. The molecule has 6 nitrogen and oxygen atoms in total. The molecule has 2 aliphatic heterocycles. The van der Waals surface area contributed by atoms with Gasteiger partial charge in [0.25, 0.3) is 5.56 Å². The van der Waals surface area contributed by atoms with Crippen molar-refractivity contribution in [3.8, 4) is 11.1 Å². The maximum Gasteiger partial charge on any atom is 0.258 e. The van der Waals surface area contributed by atoms with E-state index < -0.39 is 23.7 Å². The van der Waals surface area contributed by atoms with Gasteiger partial charge in [0.1, 0.15) is 11.6 Å². The van der Waals surface area contributed by atoms with E-state index >= 15 is 0 Å². The third-order valence-corrected chi connectivity index (χ3v) is 7.47. The van der Waals surface area contributed by atoms with E-state index in [1.54, 1.807) is 47.0 Å². The molecule has 2 bridgehead atoms. The van der Waals surface area contributed by atoms with Crippen molar-refractivity contribution in [2.24, 2.45) is 11.8 Å². The molecule has 0 spiro atoms. The molecule has 2 N–H and O–H groups in total. The van der Waals surface area contributed by atoms with Crippen LogP contribution in [0.3, 0.4) is 0 Å². The van der Waals surface area contributed by atoms with Crippen LogP contribution >= 0.6 is 0 Å². The molecular formula is C28H29F2N3O3. The maximum absolute atomic E-state index is 14.6. The van der Waals surface area contributed by atoms with Crippen molar-refractivity contribution in [1.29, 1.82) is 0 Å². The highest BCUT2D eigenvalue weighted by Gasteiger charge is 2.55. The Balaban J connectivity index is 1.62. The number of aromatic nitrogens is 1. The van der Waals surface area contributed by atoms with Crippen molar-refractivity contribution < 1.29 is 18.7 Å². The lowest BCUT2D eigenvalue weighted by Gasteiger charge is -2.38. The summed E-state index contributed by atoms with van der Waals surface area (Å²) in [4.78, 5) is 29.0. The quantitative estimate of drug-likeness (QED) is 0.529. The summed E-state index contributed by atoms with van der Waals surface area (Å²) in [5.74, 6) is -1.99. The van der Waals surface area contributed by atoms with E-state index in [2.05, 4.69) is 5.32 Å². The zero-order valence-corrected chi connectivity index (χ0v) is 20.0. The summed E-state index contributed by atoms with van der Waals surface area (Å²) in [6, 6.07) is 15.0. The van der Waals surface area contributed by atoms with Crippen LogP contribution < -0.4 is 10.9 Å². The van der Waals surface area contributed by atoms with Crippen LogP contribution in [0.1, 0.15) is 30.6 Å². The minimum absolute atomic E-state index is 0.183. The van der Waals surface area contributed by atoms with Gasteiger partial charge < -0.3 is 15.0 Å². The largest absolute Gasteiger partial charge is 0.396 e. The second-order valence-electron chi connectivity index (χ2n) is 9.54. The minimum Gasteiger partial charge on any atom is -0.396 e. The number of halogens is 2. The predicted octanol–water partition coefficient (Wildman–Crippen LogP) is 3.48. The molecule has 0 radical (unpaired) electrons. The lowest BCUT2D eigenvalue weighted by atomic mass is 9.86. The predicted molar refractivity (Wildman–Crippen MR) is 132 cm³/mol. The zero-order chi connectivity index (χ0) is 25.4. The number of hydrogen-bond acceptors (Lipinski definition) is 4. The van der Waals surface area contributed by atoms with E-state index in [1.807, 2.05) is 11.8 Å². The van der Waals surface area contributed by atoms with Gasteiger partial charge in [-0.25, -0.2) is 8.78 Å².